The van der Waals surface area contributed by atoms with E-state index in [1.165, 1.54) is 18.2 Å². The van der Waals surface area contributed by atoms with Crippen LogP contribution in [-0.2, 0) is 6.42 Å². The van der Waals surface area contributed by atoms with Crippen molar-refractivity contribution in [2.24, 2.45) is 0 Å². The fraction of sp³-hybridized carbons (Fsp3) is 0.286. The van der Waals surface area contributed by atoms with Gasteiger partial charge in [0, 0.05) is 12.5 Å². The van der Waals surface area contributed by atoms with Gasteiger partial charge in [0.15, 0.2) is 0 Å². The van der Waals surface area contributed by atoms with Crippen molar-refractivity contribution in [3.05, 3.63) is 46.4 Å². The first-order valence-corrected chi connectivity index (χ1v) is 6.39. The van der Waals surface area contributed by atoms with Crippen LogP contribution in [0.25, 0.3) is 11.3 Å². The van der Waals surface area contributed by atoms with Crippen LogP contribution in [0.15, 0.2) is 18.2 Å². The fourth-order valence-electron chi connectivity index (χ4n) is 1.82. The lowest BCUT2D eigenvalue weighted by Crippen LogP contribution is -2.01. The molecule has 1 aromatic carbocycles. The monoisotopic (exact) mass is 282 g/mol. The molecule has 2 nitrogen and oxygen atoms in total. The summed E-state index contributed by atoms with van der Waals surface area (Å²) in [5.41, 5.74) is 0.395. The smallest absolute Gasteiger partial charge is 0.138 e. The number of halogens is 3. The molecule has 0 saturated carbocycles. The number of hydrogen-bond donors (Lipinski definition) is 0. The molecule has 0 aliphatic rings. The van der Waals surface area contributed by atoms with Gasteiger partial charge in [-0.2, -0.15) is 0 Å². The van der Waals surface area contributed by atoms with E-state index in [1.807, 2.05) is 6.92 Å². The highest BCUT2D eigenvalue weighted by molar-refractivity contribution is 6.29. The van der Waals surface area contributed by atoms with Gasteiger partial charge in [0.25, 0.3) is 0 Å². The zero-order valence-electron chi connectivity index (χ0n) is 10.7. The molecular weight excluding hydrogens is 270 g/mol. The van der Waals surface area contributed by atoms with Crippen LogP contribution in [0.5, 0.6) is 0 Å². The van der Waals surface area contributed by atoms with Gasteiger partial charge in [-0.1, -0.05) is 24.6 Å². The van der Waals surface area contributed by atoms with Gasteiger partial charge in [-0.05, 0) is 25.0 Å². The lowest BCUT2D eigenvalue weighted by molar-refractivity contribution is 0.582. The molecule has 1 heterocycles. The van der Waals surface area contributed by atoms with Crippen molar-refractivity contribution in [3.8, 4) is 11.3 Å². The van der Waals surface area contributed by atoms with Crippen LogP contribution >= 0.6 is 11.6 Å². The predicted octanol–water partition coefficient (Wildman–Crippen LogP) is 4.34. The maximum absolute atomic E-state index is 14.1. The maximum Gasteiger partial charge on any atom is 0.138 e. The SMILES string of the molecule is CCCc1nc(Cl)cc(-c2c(F)ccc(C)c2F)n1. The van der Waals surface area contributed by atoms with Gasteiger partial charge in [-0.25, -0.2) is 18.7 Å². The van der Waals surface area contributed by atoms with Gasteiger partial charge in [-0.15, -0.1) is 0 Å². The summed E-state index contributed by atoms with van der Waals surface area (Å²) >= 11 is 5.88. The molecule has 0 saturated heterocycles. The van der Waals surface area contributed by atoms with Crippen LogP contribution in [0.3, 0.4) is 0 Å². The minimum atomic E-state index is -0.652. The molecule has 0 aliphatic carbocycles. The zero-order chi connectivity index (χ0) is 14.0. The summed E-state index contributed by atoms with van der Waals surface area (Å²) in [7, 11) is 0. The Labute approximate surface area is 115 Å². The van der Waals surface area contributed by atoms with Crippen LogP contribution in [0.2, 0.25) is 5.15 Å². The Bertz CT molecular complexity index is 615. The third-order valence-electron chi connectivity index (χ3n) is 2.76. The van der Waals surface area contributed by atoms with E-state index >= 15 is 0 Å². The Kier molecular flexibility index (Phi) is 4.10. The molecule has 0 amide bonds. The first-order chi connectivity index (χ1) is 9.02. The molecule has 5 heteroatoms. The van der Waals surface area contributed by atoms with Crippen LogP contribution in [0, 0.1) is 18.6 Å². The van der Waals surface area contributed by atoms with Gasteiger partial charge in [0.2, 0.25) is 0 Å². The molecule has 0 aliphatic heterocycles. The van der Waals surface area contributed by atoms with E-state index in [9.17, 15) is 8.78 Å². The Morgan fingerprint density at radius 1 is 1.21 bits per heavy atom. The number of aromatic nitrogens is 2. The maximum atomic E-state index is 14.1. The second kappa shape index (κ2) is 5.61. The third kappa shape index (κ3) is 2.89. The Hall–Kier alpha value is -1.55. The molecule has 0 unspecified atom stereocenters. The minimum absolute atomic E-state index is 0.151. The average molecular weight is 283 g/mol. The summed E-state index contributed by atoms with van der Waals surface area (Å²) in [4.78, 5) is 8.22. The number of aryl methyl sites for hydroxylation is 2. The summed E-state index contributed by atoms with van der Waals surface area (Å²) in [5, 5.41) is 0.189. The van der Waals surface area contributed by atoms with Crippen molar-refractivity contribution in [3.63, 3.8) is 0 Å². The van der Waals surface area contributed by atoms with E-state index in [1.54, 1.807) is 6.92 Å². The largest absolute Gasteiger partial charge is 0.233 e. The molecule has 2 rings (SSSR count). The third-order valence-corrected chi connectivity index (χ3v) is 2.95. The quantitative estimate of drug-likeness (QED) is 0.783. The molecule has 1 aromatic heterocycles. The van der Waals surface area contributed by atoms with E-state index in [0.29, 0.717) is 17.8 Å². The topological polar surface area (TPSA) is 25.8 Å². The van der Waals surface area contributed by atoms with Crippen molar-refractivity contribution < 1.29 is 8.78 Å². The summed E-state index contributed by atoms with van der Waals surface area (Å²) in [5.74, 6) is -0.775. The summed E-state index contributed by atoms with van der Waals surface area (Å²) in [6, 6.07) is 3.99. The molecule has 0 radical (unpaired) electrons. The van der Waals surface area contributed by atoms with Gasteiger partial charge in [0.1, 0.15) is 22.6 Å². The second-order valence-electron chi connectivity index (χ2n) is 4.30. The molecule has 19 heavy (non-hydrogen) atoms. The van der Waals surface area contributed by atoms with Crippen LogP contribution in [0.4, 0.5) is 8.78 Å². The molecule has 0 bridgehead atoms. The van der Waals surface area contributed by atoms with E-state index in [4.69, 9.17) is 11.6 Å². The van der Waals surface area contributed by atoms with E-state index < -0.39 is 11.6 Å². The second-order valence-corrected chi connectivity index (χ2v) is 4.68. The molecule has 2 aromatic rings. The van der Waals surface area contributed by atoms with Gasteiger partial charge in [0.05, 0.1) is 11.3 Å². The van der Waals surface area contributed by atoms with Crippen molar-refractivity contribution in [1.82, 2.24) is 9.97 Å². The fourth-order valence-corrected chi connectivity index (χ4v) is 2.02. The van der Waals surface area contributed by atoms with Crippen molar-refractivity contribution in [2.45, 2.75) is 26.7 Å². The molecule has 0 atom stereocenters. The Morgan fingerprint density at radius 2 is 1.95 bits per heavy atom. The van der Waals surface area contributed by atoms with Crippen LogP contribution in [-0.4, -0.2) is 9.97 Å². The molecule has 0 fully saturated rings. The van der Waals surface area contributed by atoms with Gasteiger partial charge in [-0.3, -0.25) is 0 Å². The van der Waals surface area contributed by atoms with E-state index in [2.05, 4.69) is 9.97 Å². The van der Waals surface area contributed by atoms with Crippen molar-refractivity contribution in [2.75, 3.05) is 0 Å². The summed E-state index contributed by atoms with van der Waals surface area (Å²) in [6.07, 6.45) is 1.45. The molecule has 0 N–H and O–H groups in total. The molecule has 0 spiro atoms. The zero-order valence-corrected chi connectivity index (χ0v) is 11.4. The number of rotatable bonds is 3. The normalized spacial score (nSPS) is 10.8. The highest BCUT2D eigenvalue weighted by Crippen LogP contribution is 2.28. The highest BCUT2D eigenvalue weighted by atomic mass is 35.5. The number of benzene rings is 1. The van der Waals surface area contributed by atoms with Crippen LogP contribution in [0.1, 0.15) is 24.7 Å². The summed E-state index contributed by atoms with van der Waals surface area (Å²) in [6.45, 7) is 3.55. The Balaban J connectivity index is 2.62. The number of hydrogen-bond acceptors (Lipinski definition) is 2. The lowest BCUT2D eigenvalue weighted by Gasteiger charge is -2.08. The first kappa shape index (κ1) is 13.9. The van der Waals surface area contributed by atoms with Gasteiger partial charge < -0.3 is 0 Å². The molecule has 100 valence electrons. The van der Waals surface area contributed by atoms with E-state index in [0.717, 1.165) is 6.42 Å². The van der Waals surface area contributed by atoms with Crippen molar-refractivity contribution in [1.29, 1.82) is 0 Å². The average Bonchev–Trinajstić information content (AvgIpc) is 2.34. The Morgan fingerprint density at radius 3 is 2.63 bits per heavy atom. The predicted molar refractivity (Wildman–Crippen MR) is 71.1 cm³/mol. The summed E-state index contributed by atoms with van der Waals surface area (Å²) < 4.78 is 27.9. The first-order valence-electron chi connectivity index (χ1n) is 6.01. The van der Waals surface area contributed by atoms with Gasteiger partial charge >= 0.3 is 0 Å². The molecular formula is C14H13ClF2N2. The lowest BCUT2D eigenvalue weighted by atomic mass is 10.1. The number of nitrogens with zero attached hydrogens (tertiary/aromatic N) is 2. The van der Waals surface area contributed by atoms with Crippen LogP contribution < -0.4 is 0 Å². The van der Waals surface area contributed by atoms with Crippen molar-refractivity contribution >= 4 is 11.6 Å². The minimum Gasteiger partial charge on any atom is -0.233 e. The highest BCUT2D eigenvalue weighted by Gasteiger charge is 2.16. The van der Waals surface area contributed by atoms with E-state index in [-0.39, 0.29) is 16.4 Å². The standard InChI is InChI=1S/C14H13ClF2N2/c1-3-4-12-18-10(7-11(15)19-12)13-9(16)6-5-8(2)14(13)17/h5-7H,3-4H2,1-2H3.